The normalized spacial score (nSPS) is 13.6. The first-order chi connectivity index (χ1) is 14.3. The van der Waals surface area contributed by atoms with E-state index in [-0.39, 0.29) is 17.2 Å². The molecule has 3 N–H and O–H groups in total. The molecule has 2 amide bonds. The molecule has 1 aliphatic heterocycles. The number of hydrogen-bond donors (Lipinski definition) is 3. The first kappa shape index (κ1) is 21.1. The molecule has 0 aliphatic carbocycles. The minimum atomic E-state index is -1.58. The lowest BCUT2D eigenvalue weighted by molar-refractivity contribution is -0.147. The Morgan fingerprint density at radius 3 is 2.30 bits per heavy atom. The highest BCUT2D eigenvalue weighted by molar-refractivity contribution is 6.36. The molecule has 0 aromatic heterocycles. The Bertz CT molecular complexity index is 974. The van der Waals surface area contributed by atoms with Crippen molar-refractivity contribution in [1.82, 2.24) is 4.90 Å². The summed E-state index contributed by atoms with van der Waals surface area (Å²) in [7, 11) is 0. The fraction of sp³-hybridized carbons (Fsp3) is 0.286. The minimum absolute atomic E-state index is 0.134. The number of carboxylic acid groups (broad SMARTS) is 1. The van der Waals surface area contributed by atoms with Crippen molar-refractivity contribution in [1.29, 1.82) is 0 Å². The molecule has 1 heterocycles. The van der Waals surface area contributed by atoms with Gasteiger partial charge in [0, 0.05) is 18.8 Å². The van der Waals surface area contributed by atoms with Crippen molar-refractivity contribution >= 4 is 23.5 Å². The van der Waals surface area contributed by atoms with E-state index in [4.69, 9.17) is 14.6 Å². The van der Waals surface area contributed by atoms with Crippen LogP contribution in [-0.4, -0.2) is 59.2 Å². The highest BCUT2D eigenvalue weighted by Gasteiger charge is 2.22. The van der Waals surface area contributed by atoms with E-state index in [0.29, 0.717) is 54.6 Å². The standard InChI is InChI=1S/C21H22N2O7/c1-12-9-14(22-19(25)21(27)28)10-13(2)18(12)30-15-3-4-17(24)16(11-15)20(26)23-5-7-29-8-6-23/h3-4,9-11,24H,5-8H2,1-2H3,(H,22,25)(H,27,28). The molecule has 1 saturated heterocycles. The number of ether oxygens (including phenoxy) is 2. The van der Waals surface area contributed by atoms with Gasteiger partial charge in [0.15, 0.2) is 0 Å². The number of aromatic hydroxyl groups is 1. The molecule has 158 valence electrons. The Hall–Kier alpha value is -3.59. The highest BCUT2D eigenvalue weighted by Crippen LogP contribution is 2.33. The number of morpholine rings is 1. The third-order valence-electron chi connectivity index (χ3n) is 4.63. The number of carboxylic acids is 1. The van der Waals surface area contributed by atoms with Crippen LogP contribution in [0.25, 0.3) is 0 Å². The molecule has 0 spiro atoms. The van der Waals surface area contributed by atoms with Crippen molar-refractivity contribution in [2.45, 2.75) is 13.8 Å². The van der Waals surface area contributed by atoms with Crippen LogP contribution in [0.15, 0.2) is 30.3 Å². The van der Waals surface area contributed by atoms with Gasteiger partial charge in [-0.15, -0.1) is 0 Å². The number of amides is 2. The molecule has 0 bridgehead atoms. The number of aryl methyl sites for hydroxylation is 2. The second-order valence-corrected chi connectivity index (χ2v) is 6.88. The second-order valence-electron chi connectivity index (χ2n) is 6.88. The summed E-state index contributed by atoms with van der Waals surface area (Å²) in [6, 6.07) is 7.60. The fourth-order valence-corrected chi connectivity index (χ4v) is 3.17. The fourth-order valence-electron chi connectivity index (χ4n) is 3.17. The zero-order chi connectivity index (χ0) is 21.8. The van der Waals surface area contributed by atoms with Gasteiger partial charge in [-0.3, -0.25) is 9.59 Å². The maximum atomic E-state index is 12.7. The van der Waals surface area contributed by atoms with Gasteiger partial charge in [-0.25, -0.2) is 4.79 Å². The number of aliphatic carboxylic acids is 1. The smallest absolute Gasteiger partial charge is 0.394 e. The number of anilines is 1. The Morgan fingerprint density at radius 1 is 1.07 bits per heavy atom. The molecule has 2 aromatic carbocycles. The SMILES string of the molecule is Cc1cc(NC(=O)C(=O)O)cc(C)c1Oc1ccc(O)c(C(=O)N2CCOCC2)c1. The van der Waals surface area contributed by atoms with Gasteiger partial charge in [0.1, 0.15) is 17.2 Å². The van der Waals surface area contributed by atoms with Crippen LogP contribution in [0, 0.1) is 13.8 Å². The molecule has 0 unspecified atom stereocenters. The number of carbonyl (C=O) groups is 3. The van der Waals surface area contributed by atoms with E-state index in [1.165, 1.54) is 12.1 Å². The van der Waals surface area contributed by atoms with Gasteiger partial charge in [-0.05, 0) is 55.3 Å². The third-order valence-corrected chi connectivity index (χ3v) is 4.63. The van der Waals surface area contributed by atoms with Crippen LogP contribution in [0.4, 0.5) is 5.69 Å². The summed E-state index contributed by atoms with van der Waals surface area (Å²) in [5.41, 5.74) is 1.78. The number of hydrogen-bond acceptors (Lipinski definition) is 6. The van der Waals surface area contributed by atoms with E-state index >= 15 is 0 Å². The van der Waals surface area contributed by atoms with E-state index in [1.54, 1.807) is 36.9 Å². The number of nitrogens with one attached hydrogen (secondary N) is 1. The first-order valence-corrected chi connectivity index (χ1v) is 9.29. The molecule has 1 aliphatic rings. The van der Waals surface area contributed by atoms with Crippen LogP contribution in [0.2, 0.25) is 0 Å². The van der Waals surface area contributed by atoms with Crippen LogP contribution in [0.3, 0.4) is 0 Å². The zero-order valence-electron chi connectivity index (χ0n) is 16.6. The molecular weight excluding hydrogens is 392 g/mol. The van der Waals surface area contributed by atoms with Crippen LogP contribution >= 0.6 is 0 Å². The number of benzene rings is 2. The highest BCUT2D eigenvalue weighted by atomic mass is 16.5. The van der Waals surface area contributed by atoms with Gasteiger partial charge in [0.25, 0.3) is 5.91 Å². The van der Waals surface area contributed by atoms with Gasteiger partial charge < -0.3 is 29.9 Å². The van der Waals surface area contributed by atoms with Crippen molar-refractivity contribution in [3.63, 3.8) is 0 Å². The Labute approximate surface area is 172 Å². The van der Waals surface area contributed by atoms with Crippen LogP contribution in [0.5, 0.6) is 17.2 Å². The second kappa shape index (κ2) is 8.83. The lowest BCUT2D eigenvalue weighted by Crippen LogP contribution is -2.40. The van der Waals surface area contributed by atoms with E-state index in [1.807, 2.05) is 0 Å². The summed E-state index contributed by atoms with van der Waals surface area (Å²) in [6.45, 7) is 5.30. The molecule has 30 heavy (non-hydrogen) atoms. The monoisotopic (exact) mass is 414 g/mol. The number of phenols is 1. The van der Waals surface area contributed by atoms with E-state index in [2.05, 4.69) is 5.32 Å². The number of carbonyl (C=O) groups excluding carboxylic acids is 2. The summed E-state index contributed by atoms with van der Waals surface area (Å²) in [5, 5.41) is 21.2. The predicted molar refractivity (Wildman–Crippen MR) is 107 cm³/mol. The summed E-state index contributed by atoms with van der Waals surface area (Å²) >= 11 is 0. The van der Waals surface area contributed by atoms with Crippen molar-refractivity contribution in [3.05, 3.63) is 47.0 Å². The van der Waals surface area contributed by atoms with Crippen LogP contribution in [-0.2, 0) is 14.3 Å². The number of rotatable bonds is 4. The Kier molecular flexibility index (Phi) is 6.22. The van der Waals surface area contributed by atoms with Gasteiger partial charge in [0.05, 0.1) is 18.8 Å². The molecule has 9 heteroatoms. The molecule has 9 nitrogen and oxygen atoms in total. The van der Waals surface area contributed by atoms with Crippen LogP contribution in [0.1, 0.15) is 21.5 Å². The molecule has 0 atom stereocenters. The van der Waals surface area contributed by atoms with Gasteiger partial charge in [0.2, 0.25) is 0 Å². The van der Waals surface area contributed by atoms with Crippen molar-refractivity contribution in [3.8, 4) is 17.2 Å². The number of phenolic OH excluding ortho intramolecular Hbond substituents is 1. The van der Waals surface area contributed by atoms with Crippen molar-refractivity contribution in [2.24, 2.45) is 0 Å². The van der Waals surface area contributed by atoms with E-state index < -0.39 is 11.9 Å². The minimum Gasteiger partial charge on any atom is -0.507 e. The average Bonchev–Trinajstić information content (AvgIpc) is 2.72. The quantitative estimate of drug-likeness (QED) is 0.656. The lowest BCUT2D eigenvalue weighted by atomic mass is 10.1. The van der Waals surface area contributed by atoms with Gasteiger partial charge in [-0.2, -0.15) is 0 Å². The van der Waals surface area contributed by atoms with Crippen molar-refractivity contribution < 1.29 is 34.1 Å². The van der Waals surface area contributed by atoms with Gasteiger partial charge in [-0.1, -0.05) is 0 Å². The summed E-state index contributed by atoms with van der Waals surface area (Å²) in [4.78, 5) is 36.4. The topological polar surface area (TPSA) is 125 Å². The van der Waals surface area contributed by atoms with E-state index in [0.717, 1.165) is 0 Å². The summed E-state index contributed by atoms with van der Waals surface area (Å²) < 4.78 is 11.2. The maximum Gasteiger partial charge on any atom is 0.394 e. The average molecular weight is 414 g/mol. The zero-order valence-corrected chi connectivity index (χ0v) is 16.6. The van der Waals surface area contributed by atoms with Crippen LogP contribution < -0.4 is 10.1 Å². The Morgan fingerprint density at radius 2 is 1.70 bits per heavy atom. The molecule has 1 fully saturated rings. The van der Waals surface area contributed by atoms with Crippen molar-refractivity contribution in [2.75, 3.05) is 31.6 Å². The third kappa shape index (κ3) is 4.69. The molecule has 3 rings (SSSR count). The lowest BCUT2D eigenvalue weighted by Gasteiger charge is -2.27. The molecule has 0 radical (unpaired) electrons. The van der Waals surface area contributed by atoms with Gasteiger partial charge >= 0.3 is 11.9 Å². The first-order valence-electron chi connectivity index (χ1n) is 9.29. The molecular formula is C21H22N2O7. The summed E-state index contributed by atoms with van der Waals surface area (Å²) in [5.74, 6) is -2.29. The number of nitrogens with zero attached hydrogens (tertiary/aromatic N) is 1. The summed E-state index contributed by atoms with van der Waals surface area (Å²) in [6.07, 6.45) is 0. The Balaban J connectivity index is 1.83. The maximum absolute atomic E-state index is 12.7. The molecule has 0 saturated carbocycles. The molecule has 2 aromatic rings. The van der Waals surface area contributed by atoms with E-state index in [9.17, 15) is 19.5 Å². The largest absolute Gasteiger partial charge is 0.507 e. The predicted octanol–water partition coefficient (Wildman–Crippen LogP) is 2.30.